The van der Waals surface area contributed by atoms with Crippen LogP contribution in [0.25, 0.3) is 0 Å². The number of aliphatic carboxylic acids is 1. The lowest BCUT2D eigenvalue weighted by molar-refractivity contribution is -0.144. The molecule has 3 aromatic carbocycles. The molecule has 4 rings (SSSR count). The molecule has 0 radical (unpaired) electrons. The number of fused-ring (bicyclic) bond motifs is 1. The second kappa shape index (κ2) is 15.3. The van der Waals surface area contributed by atoms with Crippen molar-refractivity contribution in [3.63, 3.8) is 0 Å². The number of nitrogens with zero attached hydrogens (tertiary/aromatic N) is 1. The number of anilines is 1. The zero-order valence-electron chi connectivity index (χ0n) is 27.0. The van der Waals surface area contributed by atoms with Crippen LogP contribution in [0.4, 0.5) is 5.69 Å². The van der Waals surface area contributed by atoms with Gasteiger partial charge in [0.15, 0.2) is 11.5 Å². The van der Waals surface area contributed by atoms with Crippen LogP contribution in [0.15, 0.2) is 60.7 Å². The highest BCUT2D eigenvalue weighted by atomic mass is 35.5. The Bertz CT molecular complexity index is 1620. The van der Waals surface area contributed by atoms with Crippen molar-refractivity contribution >= 4 is 41.0 Å². The van der Waals surface area contributed by atoms with Gasteiger partial charge in [0.25, 0.3) is 5.91 Å². The van der Waals surface area contributed by atoms with Crippen LogP contribution in [0.2, 0.25) is 5.02 Å². The average molecular weight is 667 g/mol. The van der Waals surface area contributed by atoms with Gasteiger partial charge < -0.3 is 34.3 Å². The predicted molar refractivity (Wildman–Crippen MR) is 175 cm³/mol. The number of ether oxygens (including phenoxy) is 4. The molecule has 11 nitrogen and oxygen atoms in total. The molecule has 0 unspecified atom stereocenters. The Morgan fingerprint density at radius 2 is 1.70 bits per heavy atom. The van der Waals surface area contributed by atoms with Crippen molar-refractivity contribution in [1.82, 2.24) is 5.32 Å². The molecule has 0 saturated heterocycles. The normalized spacial score (nSPS) is 16.1. The number of carbonyl (C=O) groups is 4. The summed E-state index contributed by atoms with van der Waals surface area (Å²) in [7, 11) is 3.02. The molecule has 2 N–H and O–H groups in total. The number of carbonyl (C=O) groups excluding carboxylic acids is 3. The van der Waals surface area contributed by atoms with Crippen molar-refractivity contribution in [2.24, 2.45) is 5.41 Å². The van der Waals surface area contributed by atoms with E-state index in [1.807, 2.05) is 13.8 Å². The monoisotopic (exact) mass is 666 g/mol. The summed E-state index contributed by atoms with van der Waals surface area (Å²) in [6.07, 6.45) is -2.53. The van der Waals surface area contributed by atoms with Crippen molar-refractivity contribution < 1.29 is 43.2 Å². The third-order valence-electron chi connectivity index (χ3n) is 7.61. The maximum absolute atomic E-state index is 14.4. The standard InChI is InChI=1S/C35H39ClN2O9/c1-21(39)46-20-35(2,3)19-38-27-14-13-24(36)16-26(27)32(25-7-6-8-28(44-4)33(25)45-5)47-29(34(38)43)17-30(40)37-18-23-11-9-22(10-12-23)15-31(41)42/h6-14,16,29,32H,15,17-20H2,1-5H3,(H,37,40)(H,41,42)/t29-,32-/m1/s1. The van der Waals surface area contributed by atoms with Crippen molar-refractivity contribution in [2.45, 2.75) is 52.4 Å². The van der Waals surface area contributed by atoms with E-state index < -0.39 is 41.4 Å². The molecule has 12 heteroatoms. The van der Waals surface area contributed by atoms with Gasteiger partial charge in [0.1, 0.15) is 12.2 Å². The minimum absolute atomic E-state index is 0.0550. The van der Waals surface area contributed by atoms with Crippen LogP contribution < -0.4 is 19.7 Å². The SMILES string of the molecule is COc1cccc([C@H]2O[C@H](CC(=O)NCc3ccc(CC(=O)O)cc3)C(=O)N(CC(C)(C)COC(C)=O)c3ccc(Cl)cc32)c1OC. The van der Waals surface area contributed by atoms with E-state index in [0.29, 0.717) is 38.9 Å². The maximum atomic E-state index is 14.4. The summed E-state index contributed by atoms with van der Waals surface area (Å²) in [4.78, 5) is 51.9. The van der Waals surface area contributed by atoms with Crippen LogP contribution in [-0.2, 0) is 41.6 Å². The second-order valence-corrected chi connectivity index (χ2v) is 12.5. The predicted octanol–water partition coefficient (Wildman–Crippen LogP) is 5.10. The molecule has 0 spiro atoms. The largest absolute Gasteiger partial charge is 0.493 e. The molecule has 0 aromatic heterocycles. The molecule has 0 fully saturated rings. The molecule has 250 valence electrons. The number of hydrogen-bond acceptors (Lipinski definition) is 8. The summed E-state index contributed by atoms with van der Waals surface area (Å²) in [5.74, 6) is -1.41. The number of para-hydroxylation sites is 1. The number of esters is 1. The molecule has 1 aliphatic heterocycles. The van der Waals surface area contributed by atoms with E-state index in [2.05, 4.69) is 5.32 Å². The molecule has 2 amide bonds. The van der Waals surface area contributed by atoms with Crippen LogP contribution in [0, 0.1) is 5.41 Å². The van der Waals surface area contributed by atoms with E-state index in [0.717, 1.165) is 5.56 Å². The van der Waals surface area contributed by atoms with Gasteiger partial charge in [-0.05, 0) is 35.4 Å². The van der Waals surface area contributed by atoms with Gasteiger partial charge in [-0.2, -0.15) is 0 Å². The van der Waals surface area contributed by atoms with Crippen LogP contribution in [-0.4, -0.2) is 62.3 Å². The number of benzene rings is 3. The first-order valence-electron chi connectivity index (χ1n) is 15.0. The summed E-state index contributed by atoms with van der Waals surface area (Å²) < 4.78 is 23.1. The number of rotatable bonds is 13. The molecule has 47 heavy (non-hydrogen) atoms. The number of hydrogen-bond donors (Lipinski definition) is 2. The smallest absolute Gasteiger partial charge is 0.307 e. The van der Waals surface area contributed by atoms with Gasteiger partial charge >= 0.3 is 11.9 Å². The fourth-order valence-corrected chi connectivity index (χ4v) is 5.57. The first-order chi connectivity index (χ1) is 22.3. The highest BCUT2D eigenvalue weighted by Gasteiger charge is 2.41. The fraction of sp³-hybridized carbons (Fsp3) is 0.371. The Hall–Kier alpha value is -4.61. The van der Waals surface area contributed by atoms with Gasteiger partial charge in [0.2, 0.25) is 5.91 Å². The zero-order valence-corrected chi connectivity index (χ0v) is 27.8. The molecule has 0 aliphatic carbocycles. The number of methoxy groups -OCH3 is 2. The summed E-state index contributed by atoms with van der Waals surface area (Å²) in [5, 5.41) is 12.3. The Morgan fingerprint density at radius 3 is 2.34 bits per heavy atom. The lowest BCUT2D eigenvalue weighted by Gasteiger charge is -2.33. The van der Waals surface area contributed by atoms with Gasteiger partial charge in [-0.25, -0.2) is 0 Å². The van der Waals surface area contributed by atoms with Crippen LogP contribution in [0.5, 0.6) is 11.5 Å². The van der Waals surface area contributed by atoms with Crippen LogP contribution in [0.3, 0.4) is 0 Å². The number of halogens is 1. The van der Waals surface area contributed by atoms with E-state index in [-0.39, 0.29) is 32.5 Å². The lowest BCUT2D eigenvalue weighted by Crippen LogP contribution is -2.46. The molecule has 3 aromatic rings. The molecular formula is C35H39ClN2O9. The first-order valence-corrected chi connectivity index (χ1v) is 15.4. The first kappa shape index (κ1) is 35.2. The Labute approximate surface area is 278 Å². The lowest BCUT2D eigenvalue weighted by atomic mass is 9.92. The topological polar surface area (TPSA) is 141 Å². The van der Waals surface area contributed by atoms with E-state index in [4.69, 9.17) is 35.7 Å². The fourth-order valence-electron chi connectivity index (χ4n) is 5.39. The van der Waals surface area contributed by atoms with Gasteiger partial charge in [0, 0.05) is 47.3 Å². The number of carboxylic acids is 1. The van der Waals surface area contributed by atoms with Gasteiger partial charge in [-0.15, -0.1) is 0 Å². The molecule has 1 heterocycles. The third kappa shape index (κ3) is 9.02. The summed E-state index contributed by atoms with van der Waals surface area (Å²) in [6, 6.07) is 17.3. The summed E-state index contributed by atoms with van der Waals surface area (Å²) >= 11 is 6.51. The quantitative estimate of drug-likeness (QED) is 0.238. The van der Waals surface area contributed by atoms with Crippen molar-refractivity contribution in [3.05, 3.63) is 87.9 Å². The summed E-state index contributed by atoms with van der Waals surface area (Å²) in [6.45, 7) is 5.42. The number of nitrogens with one attached hydrogen (secondary N) is 1. The van der Waals surface area contributed by atoms with Gasteiger partial charge in [0.05, 0.1) is 33.7 Å². The van der Waals surface area contributed by atoms with Crippen molar-refractivity contribution in [2.75, 3.05) is 32.3 Å². The third-order valence-corrected chi connectivity index (χ3v) is 7.85. The second-order valence-electron chi connectivity index (χ2n) is 12.0. The van der Waals surface area contributed by atoms with Crippen LogP contribution >= 0.6 is 11.6 Å². The van der Waals surface area contributed by atoms with Crippen LogP contribution in [0.1, 0.15) is 55.5 Å². The van der Waals surface area contributed by atoms with Crippen molar-refractivity contribution in [3.8, 4) is 11.5 Å². The highest BCUT2D eigenvalue weighted by Crippen LogP contribution is 2.45. The van der Waals surface area contributed by atoms with Gasteiger partial charge in [-0.3, -0.25) is 19.2 Å². The van der Waals surface area contributed by atoms with Gasteiger partial charge in [-0.1, -0.05) is 61.8 Å². The Balaban J connectivity index is 1.70. The summed E-state index contributed by atoms with van der Waals surface area (Å²) in [5.41, 5.74) is 2.39. The van der Waals surface area contributed by atoms with E-state index >= 15 is 0 Å². The average Bonchev–Trinajstić information content (AvgIpc) is 3.13. The minimum atomic E-state index is -1.23. The van der Waals surface area contributed by atoms with E-state index in [9.17, 15) is 19.2 Å². The Kier molecular flexibility index (Phi) is 11.5. The maximum Gasteiger partial charge on any atom is 0.307 e. The minimum Gasteiger partial charge on any atom is -0.493 e. The molecule has 0 bridgehead atoms. The van der Waals surface area contributed by atoms with E-state index in [1.165, 1.54) is 21.1 Å². The zero-order chi connectivity index (χ0) is 34.3. The Morgan fingerprint density at radius 1 is 1.00 bits per heavy atom. The molecule has 0 saturated carbocycles. The number of carboxylic acid groups (broad SMARTS) is 1. The van der Waals surface area contributed by atoms with Crippen molar-refractivity contribution in [1.29, 1.82) is 0 Å². The molecule has 1 aliphatic rings. The number of amides is 2. The molecule has 2 atom stereocenters. The highest BCUT2D eigenvalue weighted by molar-refractivity contribution is 6.30. The van der Waals surface area contributed by atoms with E-state index in [1.54, 1.807) is 65.6 Å². The molecular weight excluding hydrogens is 628 g/mol.